The molecule has 86 valence electrons. The first kappa shape index (κ1) is 10.3. The van der Waals surface area contributed by atoms with Gasteiger partial charge in [-0.15, -0.1) is 0 Å². The summed E-state index contributed by atoms with van der Waals surface area (Å²) in [5, 5.41) is 9.06. The van der Waals surface area contributed by atoms with Crippen LogP contribution in [0.1, 0.15) is 43.7 Å². The molecule has 0 unspecified atom stereocenters. The van der Waals surface area contributed by atoms with E-state index in [1.165, 1.54) is 32.1 Å². The van der Waals surface area contributed by atoms with Gasteiger partial charge in [0.2, 0.25) is 0 Å². The van der Waals surface area contributed by atoms with E-state index in [2.05, 4.69) is 21.7 Å². The molecule has 1 aromatic carbocycles. The molecule has 0 N–H and O–H groups in total. The Kier molecular flexibility index (Phi) is 2.56. The molecule has 3 rings (SSSR count). The minimum atomic E-state index is 0.572. The molecule has 2 aromatic rings. The van der Waals surface area contributed by atoms with E-state index in [-0.39, 0.29) is 0 Å². The van der Waals surface area contributed by atoms with Gasteiger partial charge in [0.05, 0.1) is 17.4 Å². The van der Waals surface area contributed by atoms with Gasteiger partial charge in [-0.2, -0.15) is 5.26 Å². The minimum absolute atomic E-state index is 0.572. The number of fused-ring (bicyclic) bond motifs is 1. The first-order valence-electron chi connectivity index (χ1n) is 6.26. The van der Waals surface area contributed by atoms with Crippen molar-refractivity contribution in [2.45, 2.75) is 38.1 Å². The van der Waals surface area contributed by atoms with Crippen LogP contribution in [-0.4, -0.2) is 9.55 Å². The Balaban J connectivity index is 2.09. The maximum Gasteiger partial charge on any atom is 0.106 e. The second kappa shape index (κ2) is 4.21. The fraction of sp³-hybridized carbons (Fsp3) is 0.429. The molecular formula is C14H15N3. The van der Waals surface area contributed by atoms with Gasteiger partial charge in [0, 0.05) is 6.04 Å². The predicted octanol–water partition coefficient (Wildman–Crippen LogP) is 3.41. The molecule has 0 amide bonds. The summed E-state index contributed by atoms with van der Waals surface area (Å²) in [6, 6.07) is 8.63. The monoisotopic (exact) mass is 225 g/mol. The number of imidazole rings is 1. The molecule has 1 aromatic heterocycles. The topological polar surface area (TPSA) is 41.6 Å². The Hall–Kier alpha value is -1.82. The molecule has 3 heteroatoms. The number of rotatable bonds is 1. The lowest BCUT2D eigenvalue weighted by Gasteiger charge is -2.23. The van der Waals surface area contributed by atoms with Gasteiger partial charge in [0.25, 0.3) is 0 Å². The molecule has 1 aliphatic rings. The van der Waals surface area contributed by atoms with Crippen molar-refractivity contribution in [3.05, 3.63) is 30.1 Å². The zero-order valence-corrected chi connectivity index (χ0v) is 9.76. The van der Waals surface area contributed by atoms with Crippen LogP contribution in [0, 0.1) is 11.3 Å². The van der Waals surface area contributed by atoms with Gasteiger partial charge in [-0.05, 0) is 25.0 Å². The van der Waals surface area contributed by atoms with Crippen LogP contribution in [0.3, 0.4) is 0 Å². The highest BCUT2D eigenvalue weighted by Gasteiger charge is 2.17. The van der Waals surface area contributed by atoms with E-state index in [4.69, 9.17) is 5.26 Å². The van der Waals surface area contributed by atoms with Crippen molar-refractivity contribution in [3.8, 4) is 6.07 Å². The van der Waals surface area contributed by atoms with Gasteiger partial charge in [-0.3, -0.25) is 0 Å². The normalized spacial score (nSPS) is 17.1. The summed E-state index contributed by atoms with van der Waals surface area (Å²) in [5.74, 6) is 0. The van der Waals surface area contributed by atoms with E-state index in [9.17, 15) is 0 Å². The first-order valence-corrected chi connectivity index (χ1v) is 6.26. The summed E-state index contributed by atoms with van der Waals surface area (Å²) < 4.78 is 2.26. The molecule has 1 heterocycles. The Labute approximate surface area is 101 Å². The van der Waals surface area contributed by atoms with E-state index in [1.54, 1.807) is 0 Å². The highest BCUT2D eigenvalue weighted by atomic mass is 15.1. The summed E-state index contributed by atoms with van der Waals surface area (Å²) >= 11 is 0. The SMILES string of the molecule is N#Cc1cccc2c1ncn2C1CCCCC1. The summed E-state index contributed by atoms with van der Waals surface area (Å²) in [6.07, 6.45) is 8.35. The molecule has 17 heavy (non-hydrogen) atoms. The molecule has 0 aliphatic heterocycles. The summed E-state index contributed by atoms with van der Waals surface area (Å²) in [6.45, 7) is 0. The second-order valence-corrected chi connectivity index (χ2v) is 4.73. The van der Waals surface area contributed by atoms with Crippen LogP contribution in [0.15, 0.2) is 24.5 Å². The van der Waals surface area contributed by atoms with E-state index in [0.29, 0.717) is 11.6 Å². The van der Waals surface area contributed by atoms with Crippen LogP contribution in [0.5, 0.6) is 0 Å². The number of hydrogen-bond acceptors (Lipinski definition) is 2. The smallest absolute Gasteiger partial charge is 0.106 e. The summed E-state index contributed by atoms with van der Waals surface area (Å²) in [7, 11) is 0. The highest BCUT2D eigenvalue weighted by molar-refractivity contribution is 5.81. The average molecular weight is 225 g/mol. The zero-order valence-electron chi connectivity index (χ0n) is 9.76. The Morgan fingerprint density at radius 1 is 1.24 bits per heavy atom. The largest absolute Gasteiger partial charge is 0.327 e. The van der Waals surface area contributed by atoms with Crippen LogP contribution in [-0.2, 0) is 0 Å². The maximum absolute atomic E-state index is 9.06. The van der Waals surface area contributed by atoms with Crippen molar-refractivity contribution in [1.29, 1.82) is 5.26 Å². The third-order valence-corrected chi connectivity index (χ3v) is 3.69. The zero-order chi connectivity index (χ0) is 11.7. The van der Waals surface area contributed by atoms with Gasteiger partial charge in [0.1, 0.15) is 11.6 Å². The van der Waals surface area contributed by atoms with Crippen molar-refractivity contribution in [2.75, 3.05) is 0 Å². The molecule has 0 radical (unpaired) electrons. The lowest BCUT2D eigenvalue weighted by atomic mass is 9.95. The number of aromatic nitrogens is 2. The molecule has 0 spiro atoms. The molecule has 0 bridgehead atoms. The number of nitrogens with zero attached hydrogens (tertiary/aromatic N) is 3. The quantitative estimate of drug-likeness (QED) is 0.746. The Morgan fingerprint density at radius 2 is 2.06 bits per heavy atom. The van der Waals surface area contributed by atoms with Crippen LogP contribution >= 0.6 is 0 Å². The van der Waals surface area contributed by atoms with Crippen LogP contribution < -0.4 is 0 Å². The molecule has 1 aliphatic carbocycles. The first-order chi connectivity index (χ1) is 8.40. The lowest BCUT2D eigenvalue weighted by Crippen LogP contribution is -2.11. The molecule has 1 fully saturated rings. The second-order valence-electron chi connectivity index (χ2n) is 4.73. The Morgan fingerprint density at radius 3 is 2.82 bits per heavy atom. The summed E-state index contributed by atoms with van der Waals surface area (Å²) in [5.41, 5.74) is 2.63. The maximum atomic E-state index is 9.06. The van der Waals surface area contributed by atoms with Gasteiger partial charge in [-0.1, -0.05) is 25.3 Å². The van der Waals surface area contributed by atoms with Crippen molar-refractivity contribution in [2.24, 2.45) is 0 Å². The van der Waals surface area contributed by atoms with Crippen molar-refractivity contribution < 1.29 is 0 Å². The Bertz CT molecular complexity index is 571. The fourth-order valence-corrected chi connectivity index (χ4v) is 2.80. The fourth-order valence-electron chi connectivity index (χ4n) is 2.80. The van der Waals surface area contributed by atoms with Crippen LogP contribution in [0.25, 0.3) is 11.0 Å². The molecular weight excluding hydrogens is 210 g/mol. The average Bonchev–Trinajstić information content (AvgIpc) is 2.83. The molecule has 0 saturated heterocycles. The molecule has 1 saturated carbocycles. The van der Waals surface area contributed by atoms with Crippen molar-refractivity contribution in [1.82, 2.24) is 9.55 Å². The number of hydrogen-bond donors (Lipinski definition) is 0. The van der Waals surface area contributed by atoms with Crippen molar-refractivity contribution >= 4 is 11.0 Å². The van der Waals surface area contributed by atoms with Crippen LogP contribution in [0.2, 0.25) is 0 Å². The van der Waals surface area contributed by atoms with E-state index in [1.807, 2.05) is 18.5 Å². The van der Waals surface area contributed by atoms with E-state index in [0.717, 1.165) is 11.0 Å². The van der Waals surface area contributed by atoms with Crippen molar-refractivity contribution in [3.63, 3.8) is 0 Å². The third kappa shape index (κ3) is 1.70. The molecule has 3 nitrogen and oxygen atoms in total. The van der Waals surface area contributed by atoms with E-state index < -0.39 is 0 Å². The van der Waals surface area contributed by atoms with Gasteiger partial charge >= 0.3 is 0 Å². The van der Waals surface area contributed by atoms with Gasteiger partial charge < -0.3 is 4.57 Å². The minimum Gasteiger partial charge on any atom is -0.327 e. The van der Waals surface area contributed by atoms with E-state index >= 15 is 0 Å². The number of para-hydroxylation sites is 1. The standard InChI is InChI=1S/C14H15N3/c15-9-11-5-4-8-13-14(11)16-10-17(13)12-6-2-1-3-7-12/h4-5,8,10,12H,1-3,6-7H2. The highest BCUT2D eigenvalue weighted by Crippen LogP contribution is 2.31. The summed E-state index contributed by atoms with van der Waals surface area (Å²) in [4.78, 5) is 4.41. The number of benzene rings is 1. The lowest BCUT2D eigenvalue weighted by molar-refractivity contribution is 0.359. The van der Waals surface area contributed by atoms with Gasteiger partial charge in [0.15, 0.2) is 0 Å². The van der Waals surface area contributed by atoms with Gasteiger partial charge in [-0.25, -0.2) is 4.98 Å². The predicted molar refractivity (Wildman–Crippen MR) is 66.6 cm³/mol. The molecule has 0 atom stereocenters. The third-order valence-electron chi connectivity index (χ3n) is 3.69. The number of nitriles is 1. The van der Waals surface area contributed by atoms with Crippen LogP contribution in [0.4, 0.5) is 0 Å².